The highest BCUT2D eigenvalue weighted by atomic mass is 35.5. The zero-order valence-electron chi connectivity index (χ0n) is 16.3. The summed E-state index contributed by atoms with van der Waals surface area (Å²) in [7, 11) is 0. The standard InChI is InChI=1S/C22H27N3O2.2ClH/c26-16-21(27)24-11-12-25-19(15-24)13-23-14-20(25)22(17-7-3-1-4-8-17)18-9-5-2-6-10-18;;/h1-10,19-20,22-23,26H,11-16H2;2*1H/t19-,20+;;/m1../s1. The molecule has 29 heavy (non-hydrogen) atoms. The second kappa shape index (κ2) is 11.0. The lowest BCUT2D eigenvalue weighted by atomic mass is 9.82. The summed E-state index contributed by atoms with van der Waals surface area (Å²) >= 11 is 0. The van der Waals surface area contributed by atoms with Crippen LogP contribution >= 0.6 is 24.8 Å². The summed E-state index contributed by atoms with van der Waals surface area (Å²) < 4.78 is 0. The van der Waals surface area contributed by atoms with Crippen LogP contribution in [-0.2, 0) is 4.79 Å². The average molecular weight is 438 g/mol. The van der Waals surface area contributed by atoms with Gasteiger partial charge in [-0.15, -0.1) is 24.8 Å². The van der Waals surface area contributed by atoms with E-state index >= 15 is 0 Å². The fourth-order valence-electron chi connectivity index (χ4n) is 4.60. The Bertz CT molecular complexity index is 724. The first-order valence-electron chi connectivity index (χ1n) is 9.73. The molecule has 2 saturated heterocycles. The summed E-state index contributed by atoms with van der Waals surface area (Å²) in [6, 6.07) is 22.0. The van der Waals surface area contributed by atoms with Gasteiger partial charge in [0.25, 0.3) is 0 Å². The van der Waals surface area contributed by atoms with E-state index in [0.29, 0.717) is 19.1 Å². The van der Waals surface area contributed by atoms with Gasteiger partial charge in [0.2, 0.25) is 5.91 Å². The van der Waals surface area contributed by atoms with E-state index < -0.39 is 6.61 Å². The smallest absolute Gasteiger partial charge is 0.248 e. The molecule has 158 valence electrons. The van der Waals surface area contributed by atoms with Gasteiger partial charge in [-0.3, -0.25) is 9.69 Å². The molecule has 2 aromatic carbocycles. The molecule has 0 spiro atoms. The van der Waals surface area contributed by atoms with Crippen molar-refractivity contribution in [2.75, 3.05) is 39.3 Å². The number of carbonyl (C=O) groups excluding carboxylic acids is 1. The van der Waals surface area contributed by atoms with Gasteiger partial charge in [-0.05, 0) is 11.1 Å². The van der Waals surface area contributed by atoms with Crippen molar-refractivity contribution in [2.24, 2.45) is 0 Å². The first-order chi connectivity index (χ1) is 13.3. The van der Waals surface area contributed by atoms with Crippen LogP contribution in [0.4, 0.5) is 0 Å². The van der Waals surface area contributed by atoms with E-state index in [1.807, 2.05) is 0 Å². The fraction of sp³-hybridized carbons (Fsp3) is 0.409. The Balaban J connectivity index is 0.00000150. The maximum atomic E-state index is 11.9. The number of benzene rings is 2. The number of aliphatic hydroxyl groups excluding tert-OH is 1. The third kappa shape index (κ3) is 5.11. The van der Waals surface area contributed by atoms with E-state index in [0.717, 1.165) is 19.6 Å². The van der Waals surface area contributed by atoms with E-state index in [4.69, 9.17) is 0 Å². The number of hydrogen-bond donors (Lipinski definition) is 2. The molecule has 0 saturated carbocycles. The third-order valence-electron chi connectivity index (χ3n) is 5.88. The Morgan fingerprint density at radius 1 is 0.966 bits per heavy atom. The lowest BCUT2D eigenvalue weighted by Gasteiger charge is -2.50. The minimum atomic E-state index is -0.403. The molecule has 2 aromatic rings. The number of aliphatic hydroxyl groups is 1. The molecule has 0 unspecified atom stereocenters. The van der Waals surface area contributed by atoms with Crippen molar-refractivity contribution in [2.45, 2.75) is 18.0 Å². The van der Waals surface area contributed by atoms with Gasteiger partial charge >= 0.3 is 0 Å². The summed E-state index contributed by atoms with van der Waals surface area (Å²) in [5.74, 6) is 0.113. The van der Waals surface area contributed by atoms with Crippen molar-refractivity contribution in [1.29, 1.82) is 0 Å². The minimum Gasteiger partial charge on any atom is -0.387 e. The van der Waals surface area contributed by atoms with Crippen LogP contribution in [0.15, 0.2) is 60.7 Å². The molecule has 5 nitrogen and oxygen atoms in total. The molecule has 0 aliphatic carbocycles. The van der Waals surface area contributed by atoms with Gasteiger partial charge in [0, 0.05) is 50.7 Å². The number of amides is 1. The summed E-state index contributed by atoms with van der Waals surface area (Å²) in [5.41, 5.74) is 2.65. The van der Waals surface area contributed by atoms with Crippen LogP contribution in [0.3, 0.4) is 0 Å². The maximum Gasteiger partial charge on any atom is 0.248 e. The van der Waals surface area contributed by atoms with Crippen LogP contribution in [0.25, 0.3) is 0 Å². The molecular formula is C22H29Cl2N3O2. The molecule has 0 aromatic heterocycles. The number of fused-ring (bicyclic) bond motifs is 1. The number of hydrogen-bond acceptors (Lipinski definition) is 4. The first kappa shape index (κ1) is 23.6. The van der Waals surface area contributed by atoms with E-state index in [1.165, 1.54) is 11.1 Å². The van der Waals surface area contributed by atoms with Crippen molar-refractivity contribution in [3.8, 4) is 0 Å². The van der Waals surface area contributed by atoms with Crippen LogP contribution in [0.5, 0.6) is 0 Å². The molecule has 1 amide bonds. The summed E-state index contributed by atoms with van der Waals surface area (Å²) in [4.78, 5) is 16.3. The summed E-state index contributed by atoms with van der Waals surface area (Å²) in [5, 5.41) is 12.8. The molecule has 0 radical (unpaired) electrons. The van der Waals surface area contributed by atoms with Gasteiger partial charge in [-0.2, -0.15) is 0 Å². The lowest BCUT2D eigenvalue weighted by molar-refractivity contribution is -0.138. The van der Waals surface area contributed by atoms with E-state index in [9.17, 15) is 9.90 Å². The Morgan fingerprint density at radius 3 is 2.10 bits per heavy atom. The number of rotatable bonds is 4. The lowest BCUT2D eigenvalue weighted by Crippen LogP contribution is -2.67. The topological polar surface area (TPSA) is 55.8 Å². The Morgan fingerprint density at radius 2 is 1.55 bits per heavy atom. The first-order valence-corrected chi connectivity index (χ1v) is 9.73. The summed E-state index contributed by atoms with van der Waals surface area (Å²) in [6.07, 6.45) is 0. The van der Waals surface area contributed by atoms with Gasteiger partial charge in [0.05, 0.1) is 0 Å². The number of nitrogens with zero attached hydrogens (tertiary/aromatic N) is 2. The molecule has 2 aliphatic rings. The highest BCUT2D eigenvalue weighted by molar-refractivity contribution is 5.85. The highest BCUT2D eigenvalue weighted by Crippen LogP contribution is 2.33. The van der Waals surface area contributed by atoms with Crippen molar-refractivity contribution in [1.82, 2.24) is 15.1 Å². The average Bonchev–Trinajstić information content (AvgIpc) is 2.74. The largest absolute Gasteiger partial charge is 0.387 e. The number of halogens is 2. The van der Waals surface area contributed by atoms with Crippen LogP contribution in [-0.4, -0.2) is 72.2 Å². The zero-order valence-corrected chi connectivity index (χ0v) is 17.9. The van der Waals surface area contributed by atoms with E-state index in [1.54, 1.807) is 4.90 Å². The predicted octanol–water partition coefficient (Wildman–Crippen LogP) is 2.14. The minimum absolute atomic E-state index is 0. The van der Waals surface area contributed by atoms with Gasteiger partial charge in [-0.25, -0.2) is 0 Å². The van der Waals surface area contributed by atoms with Crippen LogP contribution < -0.4 is 5.32 Å². The highest BCUT2D eigenvalue weighted by Gasteiger charge is 2.40. The second-order valence-corrected chi connectivity index (χ2v) is 7.41. The number of carbonyl (C=O) groups is 1. The molecule has 2 heterocycles. The Kier molecular flexibility index (Phi) is 8.93. The van der Waals surface area contributed by atoms with Gasteiger partial charge < -0.3 is 15.3 Å². The monoisotopic (exact) mass is 437 g/mol. The van der Waals surface area contributed by atoms with Crippen LogP contribution in [0.2, 0.25) is 0 Å². The molecule has 0 bridgehead atoms. The second-order valence-electron chi connectivity index (χ2n) is 7.41. The van der Waals surface area contributed by atoms with Crippen molar-refractivity contribution >= 4 is 30.7 Å². The molecular weight excluding hydrogens is 409 g/mol. The van der Waals surface area contributed by atoms with Crippen molar-refractivity contribution in [3.05, 3.63) is 71.8 Å². The molecule has 2 atom stereocenters. The maximum absolute atomic E-state index is 11.9. The van der Waals surface area contributed by atoms with Gasteiger partial charge in [0.15, 0.2) is 0 Å². The van der Waals surface area contributed by atoms with Crippen LogP contribution in [0, 0.1) is 0 Å². The van der Waals surface area contributed by atoms with Crippen molar-refractivity contribution in [3.63, 3.8) is 0 Å². The molecule has 2 fully saturated rings. The quantitative estimate of drug-likeness (QED) is 0.768. The van der Waals surface area contributed by atoms with Crippen molar-refractivity contribution < 1.29 is 9.90 Å². The zero-order chi connectivity index (χ0) is 18.6. The molecule has 2 aliphatic heterocycles. The SMILES string of the molecule is Cl.Cl.O=C(CO)N1CCN2[C@H](CNC[C@H]2C(c2ccccc2)c2ccccc2)C1. The number of nitrogens with one attached hydrogen (secondary N) is 1. The normalized spacial score (nSPS) is 21.7. The third-order valence-corrected chi connectivity index (χ3v) is 5.88. The van der Waals surface area contributed by atoms with Gasteiger partial charge in [0.1, 0.15) is 6.61 Å². The Labute approximate surface area is 184 Å². The van der Waals surface area contributed by atoms with E-state index in [-0.39, 0.29) is 42.7 Å². The molecule has 4 rings (SSSR count). The van der Waals surface area contributed by atoms with Crippen LogP contribution in [0.1, 0.15) is 17.0 Å². The fourth-order valence-corrected chi connectivity index (χ4v) is 4.60. The summed E-state index contributed by atoms with van der Waals surface area (Å²) in [6.45, 7) is 3.61. The van der Waals surface area contributed by atoms with Gasteiger partial charge in [-0.1, -0.05) is 60.7 Å². The Hall–Kier alpha value is -1.63. The predicted molar refractivity (Wildman–Crippen MR) is 120 cm³/mol. The van der Waals surface area contributed by atoms with E-state index in [2.05, 4.69) is 70.9 Å². The molecule has 2 N–H and O–H groups in total. The number of piperazine rings is 2. The molecule has 7 heteroatoms.